The normalized spacial score (nSPS) is 12.0. The first-order valence-electron chi connectivity index (χ1n) is 6.20. The Balaban J connectivity index is 2.45. The second-order valence-corrected chi connectivity index (χ2v) is 4.43. The van der Waals surface area contributed by atoms with Crippen LogP contribution in [0, 0.1) is 0 Å². The number of pyridine rings is 1. The van der Waals surface area contributed by atoms with Crippen LogP contribution in [0.4, 0.5) is 5.82 Å². The average Bonchev–Trinajstić information content (AvgIpc) is 2.45. The Bertz CT molecular complexity index is 687. The number of nitrogens with zero attached hydrogens (tertiary/aromatic N) is 1. The molecule has 1 unspecified atom stereocenters. The van der Waals surface area contributed by atoms with Crippen LogP contribution in [0.2, 0.25) is 0 Å². The second-order valence-electron chi connectivity index (χ2n) is 4.43. The van der Waals surface area contributed by atoms with E-state index in [1.807, 2.05) is 0 Å². The molecule has 0 spiro atoms. The van der Waals surface area contributed by atoms with Crippen LogP contribution < -0.4 is 11.1 Å². The zero-order chi connectivity index (χ0) is 15.4. The topological polar surface area (TPSA) is 115 Å². The van der Waals surface area contributed by atoms with E-state index in [9.17, 15) is 9.59 Å². The molecule has 7 heteroatoms. The lowest BCUT2D eigenvalue weighted by Crippen LogP contribution is -2.34. The number of amides is 1. The Morgan fingerprint density at radius 2 is 2.14 bits per heavy atom. The van der Waals surface area contributed by atoms with Crippen LogP contribution in [0.5, 0.6) is 0 Å². The highest BCUT2D eigenvalue weighted by Gasteiger charge is 2.19. The minimum atomic E-state index is -1.08. The van der Waals surface area contributed by atoms with Crippen LogP contribution in [-0.4, -0.2) is 41.7 Å². The molecule has 1 amide bonds. The molecular formula is C14H15N3O4. The number of primary amides is 1. The van der Waals surface area contributed by atoms with Crippen LogP contribution in [-0.2, 0) is 9.53 Å². The molecule has 1 atom stereocenters. The number of carbonyl (C=O) groups excluding carboxylic acids is 1. The van der Waals surface area contributed by atoms with Crippen molar-refractivity contribution in [2.75, 3.05) is 19.0 Å². The predicted molar refractivity (Wildman–Crippen MR) is 77.2 cm³/mol. The molecule has 2 rings (SSSR count). The zero-order valence-electron chi connectivity index (χ0n) is 11.4. The summed E-state index contributed by atoms with van der Waals surface area (Å²) in [6.07, 6.45) is 0. The molecule has 1 aromatic heterocycles. The number of benzene rings is 1. The fourth-order valence-corrected chi connectivity index (χ4v) is 1.97. The smallest absolute Gasteiger partial charge is 0.328 e. The number of nitrogens with one attached hydrogen (secondary N) is 1. The molecule has 2 aromatic rings. The van der Waals surface area contributed by atoms with Gasteiger partial charge in [0, 0.05) is 12.5 Å². The van der Waals surface area contributed by atoms with Gasteiger partial charge in [-0.25, -0.2) is 9.78 Å². The van der Waals surface area contributed by atoms with Crippen LogP contribution in [0.3, 0.4) is 0 Å². The van der Waals surface area contributed by atoms with E-state index in [-0.39, 0.29) is 18.0 Å². The van der Waals surface area contributed by atoms with Crippen molar-refractivity contribution in [2.45, 2.75) is 6.04 Å². The van der Waals surface area contributed by atoms with Gasteiger partial charge < -0.3 is 20.9 Å². The fraction of sp³-hybridized carbons (Fsp3) is 0.214. The molecule has 7 nitrogen and oxygen atoms in total. The number of nitrogens with two attached hydrogens (primary N) is 1. The Labute approximate surface area is 120 Å². The van der Waals surface area contributed by atoms with Crippen LogP contribution in [0.25, 0.3) is 10.9 Å². The van der Waals surface area contributed by atoms with E-state index < -0.39 is 17.9 Å². The summed E-state index contributed by atoms with van der Waals surface area (Å²) in [5, 5.41) is 12.4. The first-order chi connectivity index (χ1) is 10.0. The molecule has 0 saturated heterocycles. The first kappa shape index (κ1) is 14.7. The molecule has 0 aliphatic rings. The van der Waals surface area contributed by atoms with E-state index in [4.69, 9.17) is 15.6 Å². The Kier molecular flexibility index (Phi) is 4.34. The maximum atomic E-state index is 11.5. The number of ether oxygens (including phenoxy) is 1. The van der Waals surface area contributed by atoms with Gasteiger partial charge >= 0.3 is 5.97 Å². The van der Waals surface area contributed by atoms with Gasteiger partial charge in [-0.05, 0) is 12.1 Å². The minimum absolute atomic E-state index is 0.0320. The van der Waals surface area contributed by atoms with E-state index in [1.54, 1.807) is 24.3 Å². The Morgan fingerprint density at radius 1 is 1.43 bits per heavy atom. The Hall–Kier alpha value is -2.67. The summed E-state index contributed by atoms with van der Waals surface area (Å²) in [6.45, 7) is -0.0320. The SMILES string of the molecule is COCC(Nc1cc(C(N)=O)c2ccccc2n1)C(=O)O. The zero-order valence-corrected chi connectivity index (χ0v) is 11.4. The third-order valence-corrected chi connectivity index (χ3v) is 2.94. The van der Waals surface area contributed by atoms with Gasteiger partial charge in [0.25, 0.3) is 0 Å². The number of fused-ring (bicyclic) bond motifs is 1. The summed E-state index contributed by atoms with van der Waals surface area (Å²) in [5.41, 5.74) is 6.20. The number of methoxy groups -OCH3 is 1. The maximum absolute atomic E-state index is 11.5. The molecule has 0 fully saturated rings. The lowest BCUT2D eigenvalue weighted by molar-refractivity contribution is -0.139. The number of carbonyl (C=O) groups is 2. The molecular weight excluding hydrogens is 274 g/mol. The van der Waals surface area contributed by atoms with Crippen molar-refractivity contribution in [1.82, 2.24) is 4.98 Å². The van der Waals surface area contributed by atoms with Gasteiger partial charge in [0.15, 0.2) is 0 Å². The molecule has 1 aromatic carbocycles. The van der Waals surface area contributed by atoms with Crippen molar-refractivity contribution >= 4 is 28.6 Å². The van der Waals surface area contributed by atoms with Gasteiger partial charge in [0.1, 0.15) is 11.9 Å². The summed E-state index contributed by atoms with van der Waals surface area (Å²) in [6, 6.07) is 7.47. The van der Waals surface area contributed by atoms with Gasteiger partial charge in [-0.2, -0.15) is 0 Å². The van der Waals surface area contributed by atoms with Crippen LogP contribution in [0.15, 0.2) is 30.3 Å². The van der Waals surface area contributed by atoms with E-state index in [2.05, 4.69) is 10.3 Å². The number of anilines is 1. The summed E-state index contributed by atoms with van der Waals surface area (Å²) in [5.74, 6) is -1.42. The van der Waals surface area contributed by atoms with Gasteiger partial charge in [-0.3, -0.25) is 4.79 Å². The van der Waals surface area contributed by atoms with E-state index in [0.717, 1.165) is 0 Å². The monoisotopic (exact) mass is 289 g/mol. The third kappa shape index (κ3) is 3.26. The highest BCUT2D eigenvalue weighted by Crippen LogP contribution is 2.20. The quantitative estimate of drug-likeness (QED) is 0.726. The number of aliphatic carboxylic acids is 1. The molecule has 110 valence electrons. The number of rotatable bonds is 6. The Morgan fingerprint density at radius 3 is 2.76 bits per heavy atom. The molecule has 4 N–H and O–H groups in total. The van der Waals surface area contributed by atoms with Gasteiger partial charge in [0.05, 0.1) is 17.7 Å². The number of hydrogen-bond acceptors (Lipinski definition) is 5. The number of para-hydroxylation sites is 1. The van der Waals surface area contributed by atoms with Crippen molar-refractivity contribution in [3.05, 3.63) is 35.9 Å². The maximum Gasteiger partial charge on any atom is 0.328 e. The van der Waals surface area contributed by atoms with Crippen LogP contribution >= 0.6 is 0 Å². The molecule has 1 heterocycles. The third-order valence-electron chi connectivity index (χ3n) is 2.94. The lowest BCUT2D eigenvalue weighted by Gasteiger charge is -2.15. The van der Waals surface area contributed by atoms with E-state index >= 15 is 0 Å². The highest BCUT2D eigenvalue weighted by atomic mass is 16.5. The standard InChI is InChI=1S/C14H15N3O4/c1-21-7-11(14(19)20)17-12-6-9(13(15)18)8-4-2-3-5-10(8)16-12/h2-6,11H,7H2,1H3,(H2,15,18)(H,16,17)(H,19,20). The summed E-state index contributed by atoms with van der Waals surface area (Å²) in [4.78, 5) is 26.9. The lowest BCUT2D eigenvalue weighted by atomic mass is 10.1. The fourth-order valence-electron chi connectivity index (χ4n) is 1.97. The van der Waals surface area contributed by atoms with Crippen molar-refractivity contribution in [3.8, 4) is 0 Å². The molecule has 0 aliphatic heterocycles. The van der Waals surface area contributed by atoms with Gasteiger partial charge in [0.2, 0.25) is 5.91 Å². The number of hydrogen-bond donors (Lipinski definition) is 3. The molecule has 0 aliphatic carbocycles. The summed E-state index contributed by atoms with van der Waals surface area (Å²) < 4.78 is 4.84. The molecule has 0 saturated carbocycles. The van der Waals surface area contributed by atoms with Crippen molar-refractivity contribution < 1.29 is 19.4 Å². The second kappa shape index (κ2) is 6.19. The predicted octanol–water partition coefficient (Wildman–Crippen LogP) is 0.845. The highest BCUT2D eigenvalue weighted by molar-refractivity contribution is 6.06. The molecule has 0 bridgehead atoms. The van der Waals surface area contributed by atoms with Crippen molar-refractivity contribution in [2.24, 2.45) is 5.73 Å². The van der Waals surface area contributed by atoms with Gasteiger partial charge in [-0.1, -0.05) is 18.2 Å². The first-order valence-corrected chi connectivity index (χ1v) is 6.20. The summed E-state index contributed by atoms with van der Waals surface area (Å²) in [7, 11) is 1.40. The largest absolute Gasteiger partial charge is 0.480 e. The number of aromatic nitrogens is 1. The molecule has 21 heavy (non-hydrogen) atoms. The van der Waals surface area contributed by atoms with Crippen molar-refractivity contribution in [3.63, 3.8) is 0 Å². The average molecular weight is 289 g/mol. The molecule has 0 radical (unpaired) electrons. The van der Waals surface area contributed by atoms with E-state index in [0.29, 0.717) is 10.9 Å². The minimum Gasteiger partial charge on any atom is -0.480 e. The number of carboxylic acid groups (broad SMARTS) is 1. The summed E-state index contributed by atoms with van der Waals surface area (Å²) >= 11 is 0. The number of carboxylic acids is 1. The van der Waals surface area contributed by atoms with Crippen molar-refractivity contribution in [1.29, 1.82) is 0 Å². The van der Waals surface area contributed by atoms with E-state index in [1.165, 1.54) is 13.2 Å². The van der Waals surface area contributed by atoms with Crippen LogP contribution in [0.1, 0.15) is 10.4 Å². The van der Waals surface area contributed by atoms with Gasteiger partial charge in [-0.15, -0.1) is 0 Å².